The monoisotopic (exact) mass is 280 g/mol. The molecule has 21 heavy (non-hydrogen) atoms. The summed E-state index contributed by atoms with van der Waals surface area (Å²) in [6.07, 6.45) is 16.5. The van der Waals surface area contributed by atoms with Crippen LogP contribution in [0.4, 0.5) is 0 Å². The smallest absolute Gasteiger partial charge is 0.0161 e. The molecular weight excluding hydrogens is 252 g/mol. The Morgan fingerprint density at radius 2 is 0.952 bits per heavy atom. The molecule has 8 unspecified atom stereocenters. The predicted molar refractivity (Wildman–Crippen MR) is 81.5 cm³/mol. The van der Waals surface area contributed by atoms with E-state index in [4.69, 9.17) is 0 Å². The zero-order valence-electron chi connectivity index (χ0n) is 13.7. The van der Waals surface area contributed by atoms with Crippen LogP contribution in [0, 0.1) is 49.7 Å². The molecule has 0 aromatic carbocycles. The first kappa shape index (κ1) is 10.7. The van der Waals surface area contributed by atoms with Crippen LogP contribution in [0.25, 0.3) is 0 Å². The van der Waals surface area contributed by atoms with Crippen LogP contribution in [0.2, 0.25) is 0 Å². The highest BCUT2D eigenvalue weighted by Gasteiger charge is 3.13. The lowest BCUT2D eigenvalue weighted by molar-refractivity contribution is 0.476. The Labute approximate surface area is 128 Å². The molecule has 112 valence electrons. The minimum Gasteiger partial charge on any atom is -0.0651 e. The van der Waals surface area contributed by atoms with Crippen molar-refractivity contribution in [3.8, 4) is 0 Å². The zero-order chi connectivity index (χ0) is 13.7. The van der Waals surface area contributed by atoms with E-state index in [1.54, 1.807) is 51.4 Å². The fraction of sp³-hybridized carbons (Fsp3) is 1.00. The molecule has 8 atom stereocenters. The van der Waals surface area contributed by atoms with E-state index in [1.807, 2.05) is 0 Å². The molecule has 0 bridgehead atoms. The Morgan fingerprint density at radius 1 is 0.571 bits per heavy atom. The molecule has 0 aromatic rings. The Hall–Kier alpha value is 0. The molecule has 8 aliphatic rings. The molecule has 0 nitrogen and oxygen atoms in total. The molecule has 8 fully saturated rings. The van der Waals surface area contributed by atoms with Gasteiger partial charge in [-0.25, -0.2) is 0 Å². The minimum absolute atomic E-state index is 0.948. The van der Waals surface area contributed by atoms with Gasteiger partial charge in [-0.05, 0) is 101 Å². The highest BCUT2D eigenvalue weighted by Crippen LogP contribution is 3.20. The van der Waals surface area contributed by atoms with Gasteiger partial charge in [0.1, 0.15) is 0 Å². The molecule has 8 saturated carbocycles. The van der Waals surface area contributed by atoms with Gasteiger partial charge in [-0.15, -0.1) is 0 Å². The van der Waals surface area contributed by atoms with Crippen molar-refractivity contribution in [1.82, 2.24) is 0 Å². The maximum atomic E-state index is 2.45. The number of fused-ring (bicyclic) bond motifs is 6. The minimum atomic E-state index is 0.948. The molecule has 0 N–H and O–H groups in total. The van der Waals surface area contributed by atoms with E-state index in [1.165, 1.54) is 12.8 Å². The fourth-order valence-corrected chi connectivity index (χ4v) is 10.7. The van der Waals surface area contributed by atoms with Crippen molar-refractivity contribution in [2.75, 3.05) is 0 Å². The molecule has 0 saturated heterocycles. The van der Waals surface area contributed by atoms with Crippen LogP contribution in [0.3, 0.4) is 0 Å². The van der Waals surface area contributed by atoms with Crippen molar-refractivity contribution >= 4 is 0 Å². The molecular formula is C21H28. The van der Waals surface area contributed by atoms with Crippen LogP contribution in [0.5, 0.6) is 0 Å². The molecule has 8 aliphatic carbocycles. The Morgan fingerprint density at radius 3 is 1.33 bits per heavy atom. The van der Waals surface area contributed by atoms with E-state index in [-0.39, 0.29) is 0 Å². The fourth-order valence-electron chi connectivity index (χ4n) is 10.7. The first-order chi connectivity index (χ1) is 10.1. The highest BCUT2D eigenvalue weighted by molar-refractivity contribution is 5.61. The third-order valence-electron chi connectivity index (χ3n) is 11.9. The molecule has 0 aromatic heterocycles. The van der Waals surface area contributed by atoms with Crippen LogP contribution in [0.1, 0.15) is 78.1 Å². The van der Waals surface area contributed by atoms with Gasteiger partial charge < -0.3 is 0 Å². The van der Waals surface area contributed by atoms with Crippen LogP contribution >= 0.6 is 0 Å². The van der Waals surface area contributed by atoms with Crippen molar-refractivity contribution in [3.63, 3.8) is 0 Å². The summed E-state index contributed by atoms with van der Waals surface area (Å²) in [5, 5.41) is 0. The van der Waals surface area contributed by atoms with E-state index >= 15 is 0 Å². The molecule has 0 amide bonds. The van der Waals surface area contributed by atoms with Gasteiger partial charge in [-0.2, -0.15) is 0 Å². The summed E-state index contributed by atoms with van der Waals surface area (Å²) in [5.41, 5.74) is 6.72. The lowest BCUT2D eigenvalue weighted by Gasteiger charge is -1.98. The lowest BCUT2D eigenvalue weighted by Crippen LogP contribution is -1.95. The van der Waals surface area contributed by atoms with Crippen LogP contribution in [0.15, 0.2) is 0 Å². The number of rotatable bonds is 2. The van der Waals surface area contributed by atoms with Crippen molar-refractivity contribution in [2.45, 2.75) is 78.1 Å². The third-order valence-corrected chi connectivity index (χ3v) is 11.9. The molecule has 0 aliphatic heterocycles. The van der Waals surface area contributed by atoms with Gasteiger partial charge in [-0.3, -0.25) is 0 Å². The van der Waals surface area contributed by atoms with Crippen molar-refractivity contribution in [2.24, 2.45) is 49.7 Å². The first-order valence-electron chi connectivity index (χ1n) is 10.1. The topological polar surface area (TPSA) is 0 Å². The summed E-state index contributed by atoms with van der Waals surface area (Å²) in [7, 11) is 0. The number of hydrogen-bond acceptors (Lipinski definition) is 0. The van der Waals surface area contributed by atoms with Crippen LogP contribution in [-0.4, -0.2) is 0 Å². The second-order valence-electron chi connectivity index (χ2n) is 11.4. The van der Waals surface area contributed by atoms with Crippen molar-refractivity contribution < 1.29 is 0 Å². The Kier molecular flexibility index (Phi) is 1.10. The SMILES string of the molecule is CCC1CC12CC21CC12CC21CC12CC21CC12CC2CC. The van der Waals surface area contributed by atoms with Gasteiger partial charge in [0.05, 0.1) is 0 Å². The third kappa shape index (κ3) is 0.648. The maximum Gasteiger partial charge on any atom is -0.0161 e. The highest BCUT2D eigenvalue weighted by atomic mass is 15.2. The standard InChI is InChI=1S/C21H28/c1-3-13-5-15(13)7-17(15)9-19(17)11-21(19)12-20(21)10-18(20)8-16(18)6-14(16)4-2/h13-14H,3-12H2,1-2H3. The summed E-state index contributed by atoms with van der Waals surface area (Å²) >= 11 is 0. The quantitative estimate of drug-likeness (QED) is 0.654. The van der Waals surface area contributed by atoms with Gasteiger partial charge in [0.2, 0.25) is 0 Å². The average molecular weight is 280 g/mol. The second-order valence-corrected chi connectivity index (χ2v) is 11.4. The van der Waals surface area contributed by atoms with E-state index in [2.05, 4.69) is 13.8 Å². The van der Waals surface area contributed by atoms with E-state index in [0.717, 1.165) is 49.7 Å². The largest absolute Gasteiger partial charge is 0.0651 e. The average Bonchev–Trinajstić information content (AvgIpc) is 3.24. The molecule has 0 heterocycles. The Balaban J connectivity index is 1.11. The van der Waals surface area contributed by atoms with E-state index < -0.39 is 0 Å². The van der Waals surface area contributed by atoms with Gasteiger partial charge in [0.15, 0.2) is 0 Å². The van der Waals surface area contributed by atoms with E-state index in [9.17, 15) is 0 Å². The second kappa shape index (κ2) is 2.15. The summed E-state index contributed by atoms with van der Waals surface area (Å²) < 4.78 is 0. The summed E-state index contributed by atoms with van der Waals surface area (Å²) in [6.45, 7) is 4.90. The van der Waals surface area contributed by atoms with Crippen molar-refractivity contribution in [1.29, 1.82) is 0 Å². The molecule has 7 spiro atoms. The lowest BCUT2D eigenvalue weighted by atomic mass is 10.1. The van der Waals surface area contributed by atoms with Crippen LogP contribution in [-0.2, 0) is 0 Å². The summed E-state index contributed by atoms with van der Waals surface area (Å²) in [6, 6.07) is 0. The van der Waals surface area contributed by atoms with Crippen LogP contribution < -0.4 is 0 Å². The van der Waals surface area contributed by atoms with E-state index in [0.29, 0.717) is 0 Å². The molecule has 0 radical (unpaired) electrons. The molecule has 0 heteroatoms. The zero-order valence-corrected chi connectivity index (χ0v) is 13.7. The summed E-state index contributed by atoms with van der Waals surface area (Å²) in [5.74, 6) is 2.33. The normalized spacial score (nSPS) is 84.9. The van der Waals surface area contributed by atoms with Crippen molar-refractivity contribution in [3.05, 3.63) is 0 Å². The first-order valence-corrected chi connectivity index (χ1v) is 10.1. The predicted octanol–water partition coefficient (Wildman–Crippen LogP) is 5.17. The maximum absolute atomic E-state index is 2.45. The Bertz CT molecular complexity index is 620. The van der Waals surface area contributed by atoms with Gasteiger partial charge in [0, 0.05) is 0 Å². The van der Waals surface area contributed by atoms with Gasteiger partial charge in [-0.1, -0.05) is 26.7 Å². The molecule has 8 rings (SSSR count). The summed E-state index contributed by atoms with van der Waals surface area (Å²) in [4.78, 5) is 0. The van der Waals surface area contributed by atoms with Gasteiger partial charge >= 0.3 is 0 Å². The number of hydrogen-bond donors (Lipinski definition) is 0. The van der Waals surface area contributed by atoms with Gasteiger partial charge in [0.25, 0.3) is 0 Å².